The van der Waals surface area contributed by atoms with Gasteiger partial charge < -0.3 is 9.84 Å². The minimum atomic E-state index is 0.702. The van der Waals surface area contributed by atoms with E-state index in [4.69, 9.17) is 4.52 Å². The lowest BCUT2D eigenvalue weighted by atomic mass is 10.3. The summed E-state index contributed by atoms with van der Waals surface area (Å²) < 4.78 is 5.02. The van der Waals surface area contributed by atoms with Gasteiger partial charge >= 0.3 is 0 Å². The zero-order valence-corrected chi connectivity index (χ0v) is 10.1. The van der Waals surface area contributed by atoms with Crippen LogP contribution in [0.25, 0.3) is 0 Å². The highest BCUT2D eigenvalue weighted by Gasteiger charge is 2.01. The maximum absolute atomic E-state index is 5.02. The Morgan fingerprint density at radius 2 is 2.25 bits per heavy atom. The van der Waals surface area contributed by atoms with E-state index in [-0.39, 0.29) is 0 Å². The summed E-state index contributed by atoms with van der Waals surface area (Å²) in [5, 5.41) is 9.21. The van der Waals surface area contributed by atoms with Crippen molar-refractivity contribution >= 4 is 11.3 Å². The van der Waals surface area contributed by atoms with Gasteiger partial charge in [-0.05, 0) is 31.3 Å². The number of hydrogen-bond acceptors (Lipinski definition) is 5. The molecule has 0 spiro atoms. The molecule has 0 bridgehead atoms. The summed E-state index contributed by atoms with van der Waals surface area (Å²) >= 11 is 1.80. The van der Waals surface area contributed by atoms with Crippen LogP contribution in [0.5, 0.6) is 0 Å². The normalized spacial score (nSPS) is 10.8. The third-order valence-electron chi connectivity index (χ3n) is 2.21. The molecule has 0 aliphatic rings. The number of aromatic nitrogens is 2. The van der Waals surface area contributed by atoms with Crippen LogP contribution in [0.15, 0.2) is 22.0 Å². The number of rotatable bonds is 6. The summed E-state index contributed by atoms with van der Waals surface area (Å²) in [6.45, 7) is 3.71. The first-order valence-electron chi connectivity index (χ1n) is 5.37. The van der Waals surface area contributed by atoms with Crippen molar-refractivity contribution in [3.63, 3.8) is 0 Å². The fourth-order valence-corrected chi connectivity index (χ4v) is 2.14. The Labute approximate surface area is 98.7 Å². The predicted octanol–water partition coefficient (Wildman–Crippen LogP) is 1.81. The zero-order valence-electron chi connectivity index (χ0n) is 9.27. The van der Waals surface area contributed by atoms with Crippen LogP contribution in [0.2, 0.25) is 0 Å². The van der Waals surface area contributed by atoms with E-state index in [1.165, 1.54) is 4.88 Å². The fraction of sp³-hybridized carbons (Fsp3) is 0.455. The molecule has 1 N–H and O–H groups in total. The number of hydrogen-bond donors (Lipinski definition) is 1. The van der Waals surface area contributed by atoms with Crippen LogP contribution in [0.1, 0.15) is 16.6 Å². The van der Waals surface area contributed by atoms with Gasteiger partial charge in [0.1, 0.15) is 0 Å². The average molecular weight is 237 g/mol. The maximum atomic E-state index is 5.02. The molecule has 86 valence electrons. The number of aryl methyl sites for hydroxylation is 1. The van der Waals surface area contributed by atoms with Crippen molar-refractivity contribution in [2.24, 2.45) is 0 Å². The zero-order chi connectivity index (χ0) is 11.2. The minimum absolute atomic E-state index is 0.702. The first-order chi connectivity index (χ1) is 7.84. The van der Waals surface area contributed by atoms with Crippen LogP contribution in [0.4, 0.5) is 0 Å². The number of thiophene rings is 1. The summed E-state index contributed by atoms with van der Waals surface area (Å²) in [6.07, 6.45) is 1.88. The SMILES string of the molecule is Cc1noc(CCNCCc2cccs2)n1. The second-order valence-corrected chi connectivity index (χ2v) is 4.60. The van der Waals surface area contributed by atoms with Gasteiger partial charge in [-0.1, -0.05) is 11.2 Å². The molecule has 0 aliphatic heterocycles. The molecule has 2 rings (SSSR count). The summed E-state index contributed by atoms with van der Waals surface area (Å²) in [6, 6.07) is 4.24. The molecule has 16 heavy (non-hydrogen) atoms. The van der Waals surface area contributed by atoms with Crippen LogP contribution in [-0.4, -0.2) is 23.2 Å². The quantitative estimate of drug-likeness (QED) is 0.779. The number of nitrogens with zero attached hydrogens (tertiary/aromatic N) is 2. The van der Waals surface area contributed by atoms with E-state index in [2.05, 4.69) is 33.0 Å². The first kappa shape index (κ1) is 11.3. The van der Waals surface area contributed by atoms with Crippen molar-refractivity contribution in [3.8, 4) is 0 Å². The van der Waals surface area contributed by atoms with Crippen molar-refractivity contribution in [2.45, 2.75) is 19.8 Å². The second kappa shape index (κ2) is 5.77. The van der Waals surface area contributed by atoms with Gasteiger partial charge in [-0.15, -0.1) is 11.3 Å². The van der Waals surface area contributed by atoms with Crippen LogP contribution >= 0.6 is 11.3 Å². The van der Waals surface area contributed by atoms with Gasteiger partial charge in [0.05, 0.1) is 0 Å². The van der Waals surface area contributed by atoms with Gasteiger partial charge in [-0.25, -0.2) is 0 Å². The third-order valence-corrected chi connectivity index (χ3v) is 3.15. The molecule has 5 heteroatoms. The molecule has 2 heterocycles. The molecule has 0 atom stereocenters. The van der Waals surface area contributed by atoms with E-state index in [0.717, 1.165) is 25.9 Å². The molecule has 0 unspecified atom stereocenters. The van der Waals surface area contributed by atoms with Gasteiger partial charge in [0.15, 0.2) is 5.82 Å². The van der Waals surface area contributed by atoms with Gasteiger partial charge in [-0.3, -0.25) is 0 Å². The monoisotopic (exact) mass is 237 g/mol. The molecule has 0 saturated heterocycles. The molecule has 0 fully saturated rings. The fourth-order valence-electron chi connectivity index (χ4n) is 1.43. The van der Waals surface area contributed by atoms with Crippen LogP contribution < -0.4 is 5.32 Å². The van der Waals surface area contributed by atoms with Gasteiger partial charge in [0.25, 0.3) is 0 Å². The van der Waals surface area contributed by atoms with Gasteiger partial charge in [-0.2, -0.15) is 4.98 Å². The smallest absolute Gasteiger partial charge is 0.227 e. The van der Waals surface area contributed by atoms with E-state index in [9.17, 15) is 0 Å². The topological polar surface area (TPSA) is 51.0 Å². The van der Waals surface area contributed by atoms with Crippen LogP contribution in [0, 0.1) is 6.92 Å². The van der Waals surface area contributed by atoms with Crippen molar-refractivity contribution in [1.29, 1.82) is 0 Å². The standard InChI is InChI=1S/C11H15N3OS/c1-9-13-11(15-14-9)5-7-12-6-4-10-3-2-8-16-10/h2-3,8,12H,4-7H2,1H3. The molecule has 0 amide bonds. The summed E-state index contributed by atoms with van der Waals surface area (Å²) in [5.74, 6) is 1.41. The Balaban J connectivity index is 1.59. The molecular formula is C11H15N3OS. The van der Waals surface area contributed by atoms with Crippen molar-refractivity contribution < 1.29 is 4.52 Å². The third kappa shape index (κ3) is 3.43. The lowest BCUT2D eigenvalue weighted by Gasteiger charge is -2.00. The molecule has 2 aromatic heterocycles. The van der Waals surface area contributed by atoms with Crippen LogP contribution in [-0.2, 0) is 12.8 Å². The van der Waals surface area contributed by atoms with Gasteiger partial charge in [0, 0.05) is 17.8 Å². The summed E-state index contributed by atoms with van der Waals surface area (Å²) in [5.41, 5.74) is 0. The van der Waals surface area contributed by atoms with E-state index in [1.807, 2.05) is 6.92 Å². The molecule has 0 radical (unpaired) electrons. The van der Waals surface area contributed by atoms with Crippen molar-refractivity contribution in [3.05, 3.63) is 34.1 Å². The van der Waals surface area contributed by atoms with Gasteiger partial charge in [0.2, 0.25) is 5.89 Å². The lowest BCUT2D eigenvalue weighted by Crippen LogP contribution is -2.19. The Bertz CT molecular complexity index is 411. The Morgan fingerprint density at radius 1 is 1.38 bits per heavy atom. The Morgan fingerprint density at radius 3 is 2.94 bits per heavy atom. The van der Waals surface area contributed by atoms with Crippen molar-refractivity contribution in [2.75, 3.05) is 13.1 Å². The van der Waals surface area contributed by atoms with E-state index < -0.39 is 0 Å². The van der Waals surface area contributed by atoms with E-state index >= 15 is 0 Å². The van der Waals surface area contributed by atoms with Crippen LogP contribution in [0.3, 0.4) is 0 Å². The highest BCUT2D eigenvalue weighted by atomic mass is 32.1. The van der Waals surface area contributed by atoms with E-state index in [1.54, 1.807) is 11.3 Å². The Kier molecular flexibility index (Phi) is 4.07. The predicted molar refractivity (Wildman–Crippen MR) is 63.6 cm³/mol. The Hall–Kier alpha value is -1.20. The van der Waals surface area contributed by atoms with E-state index in [0.29, 0.717) is 11.7 Å². The molecule has 4 nitrogen and oxygen atoms in total. The molecule has 0 saturated carbocycles. The largest absolute Gasteiger partial charge is 0.339 e. The highest BCUT2D eigenvalue weighted by molar-refractivity contribution is 7.09. The molecule has 0 aliphatic carbocycles. The lowest BCUT2D eigenvalue weighted by molar-refractivity contribution is 0.372. The molecule has 2 aromatic rings. The first-order valence-corrected chi connectivity index (χ1v) is 6.25. The molecular weight excluding hydrogens is 222 g/mol. The second-order valence-electron chi connectivity index (χ2n) is 3.56. The summed E-state index contributed by atoms with van der Waals surface area (Å²) in [7, 11) is 0. The summed E-state index contributed by atoms with van der Waals surface area (Å²) in [4.78, 5) is 5.56. The van der Waals surface area contributed by atoms with Crippen molar-refractivity contribution in [1.82, 2.24) is 15.5 Å². The highest BCUT2D eigenvalue weighted by Crippen LogP contribution is 2.07. The minimum Gasteiger partial charge on any atom is -0.339 e. The number of nitrogens with one attached hydrogen (secondary N) is 1. The molecule has 0 aromatic carbocycles. The maximum Gasteiger partial charge on any atom is 0.227 e. The average Bonchev–Trinajstić information content (AvgIpc) is 2.89.